The van der Waals surface area contributed by atoms with Crippen molar-refractivity contribution in [2.24, 2.45) is 15.9 Å². The number of carbonyl (C=O) groups is 1. The molecule has 3 atom stereocenters. The Kier molecular flexibility index (Phi) is 4.14. The van der Waals surface area contributed by atoms with E-state index in [-0.39, 0.29) is 30.5 Å². The van der Waals surface area contributed by atoms with Crippen LogP contribution >= 0.6 is 15.9 Å². The average molecular weight is 402 g/mol. The molecule has 1 N–H and O–H groups in total. The number of ether oxygens (including phenoxy) is 1. The van der Waals surface area contributed by atoms with Crippen LogP contribution in [-0.2, 0) is 4.74 Å². The van der Waals surface area contributed by atoms with Crippen LogP contribution in [0.15, 0.2) is 33.8 Å². The molecule has 0 bridgehead atoms. The lowest BCUT2D eigenvalue weighted by Crippen LogP contribution is -3.07. The average Bonchev–Trinajstić information content (AvgIpc) is 2.95. The highest BCUT2D eigenvalue weighted by Crippen LogP contribution is 2.40. The molecule has 4 aliphatic heterocycles. The summed E-state index contributed by atoms with van der Waals surface area (Å²) >= 11 is 3.53. The van der Waals surface area contributed by atoms with Crippen molar-refractivity contribution in [2.45, 2.75) is 38.3 Å². The Hall–Kier alpha value is -1.18. The number of nitrogens with one attached hydrogen (secondary N) is 1. The molecule has 0 aromatic carbocycles. The molecule has 23 heavy (non-hydrogen) atoms. The second-order valence-corrected chi connectivity index (χ2v) is 7.37. The van der Waals surface area contributed by atoms with Crippen LogP contribution in [0.5, 0.6) is 0 Å². The lowest BCUT2D eigenvalue weighted by molar-refractivity contribution is -0.685. The summed E-state index contributed by atoms with van der Waals surface area (Å²) in [5, 5.41) is 0. The highest BCUT2D eigenvalue weighted by Gasteiger charge is 2.51. The predicted molar refractivity (Wildman–Crippen MR) is 85.8 cm³/mol. The van der Waals surface area contributed by atoms with Gasteiger partial charge in [-0.15, -0.1) is 0 Å². The van der Waals surface area contributed by atoms with Gasteiger partial charge in [0, 0.05) is 28.4 Å². The Labute approximate surface area is 149 Å². The summed E-state index contributed by atoms with van der Waals surface area (Å²) in [6, 6.07) is 0.166. The second-order valence-electron chi connectivity index (χ2n) is 6.62. The van der Waals surface area contributed by atoms with Gasteiger partial charge < -0.3 is 22.0 Å². The van der Waals surface area contributed by atoms with Crippen molar-refractivity contribution < 1.29 is 26.8 Å². The van der Waals surface area contributed by atoms with E-state index >= 15 is 0 Å². The number of cyclic esters (lactones) is 1. The molecular formula is C15H18BrClN4O2. The van der Waals surface area contributed by atoms with E-state index in [0.717, 1.165) is 33.9 Å². The molecule has 124 valence electrons. The van der Waals surface area contributed by atoms with Gasteiger partial charge in [-0.25, -0.2) is 9.69 Å². The predicted octanol–water partition coefficient (Wildman–Crippen LogP) is -1.58. The van der Waals surface area contributed by atoms with E-state index in [1.807, 2.05) is 31.2 Å². The number of piperidine rings is 1. The minimum Gasteiger partial charge on any atom is -1.00 e. The maximum absolute atomic E-state index is 12.1. The lowest BCUT2D eigenvalue weighted by atomic mass is 9.84. The van der Waals surface area contributed by atoms with Gasteiger partial charge in [0.05, 0.1) is 18.5 Å². The van der Waals surface area contributed by atoms with Gasteiger partial charge >= 0.3 is 6.09 Å². The van der Waals surface area contributed by atoms with Crippen molar-refractivity contribution in [1.82, 2.24) is 4.90 Å². The molecule has 0 radical (unpaired) electrons. The summed E-state index contributed by atoms with van der Waals surface area (Å²) < 4.78 is 6.37. The smallest absolute Gasteiger partial charge is 0.410 e. The van der Waals surface area contributed by atoms with Gasteiger partial charge in [0.15, 0.2) is 5.70 Å². The van der Waals surface area contributed by atoms with Crippen LogP contribution in [0.25, 0.3) is 0 Å². The first-order valence-corrected chi connectivity index (χ1v) is 8.32. The van der Waals surface area contributed by atoms with Gasteiger partial charge in [0.1, 0.15) is 17.5 Å². The molecule has 0 spiro atoms. The van der Waals surface area contributed by atoms with Gasteiger partial charge in [0.25, 0.3) is 4.74 Å². The fraction of sp³-hybridized carbons (Fsp3) is 0.533. The van der Waals surface area contributed by atoms with Crippen LogP contribution in [0.1, 0.15) is 26.7 Å². The third-order valence-electron chi connectivity index (χ3n) is 4.89. The van der Waals surface area contributed by atoms with Crippen molar-refractivity contribution in [2.75, 3.05) is 6.54 Å². The monoisotopic (exact) mass is 400 g/mol. The molecule has 2 fully saturated rings. The van der Waals surface area contributed by atoms with Crippen LogP contribution in [0.4, 0.5) is 4.79 Å². The Morgan fingerprint density at radius 3 is 3.00 bits per heavy atom. The van der Waals surface area contributed by atoms with Crippen molar-refractivity contribution in [3.63, 3.8) is 0 Å². The summed E-state index contributed by atoms with van der Waals surface area (Å²) in [5.41, 5.74) is 1.71. The second kappa shape index (κ2) is 5.72. The van der Waals surface area contributed by atoms with E-state index in [0.29, 0.717) is 6.54 Å². The topological polar surface area (TPSA) is 58.7 Å². The SMILES string of the molecule is CC1(C)OC(=O)N2C[C@H](C3=C4C=NC=C[NH+]4C(Br)=N3)CC[C@H]21.[Cl-]. The molecular weight excluding hydrogens is 384 g/mol. The third kappa shape index (κ3) is 2.55. The van der Waals surface area contributed by atoms with E-state index in [1.54, 1.807) is 6.20 Å². The van der Waals surface area contributed by atoms with Crippen LogP contribution in [-0.4, -0.2) is 40.1 Å². The lowest BCUT2D eigenvalue weighted by Gasteiger charge is -2.36. The van der Waals surface area contributed by atoms with Crippen LogP contribution < -0.4 is 17.3 Å². The molecule has 0 aliphatic carbocycles. The molecule has 6 nitrogen and oxygen atoms in total. The summed E-state index contributed by atoms with van der Waals surface area (Å²) in [6.07, 6.45) is 7.35. The number of quaternary nitrogens is 1. The van der Waals surface area contributed by atoms with Crippen molar-refractivity contribution in [3.8, 4) is 0 Å². The number of allylic oxidation sites excluding steroid dienone is 1. The maximum atomic E-state index is 12.1. The molecule has 0 aromatic heterocycles. The van der Waals surface area contributed by atoms with E-state index in [9.17, 15) is 4.79 Å². The number of amidine groups is 1. The number of halogens is 2. The van der Waals surface area contributed by atoms with Gasteiger partial charge in [0.2, 0.25) is 0 Å². The van der Waals surface area contributed by atoms with E-state index < -0.39 is 5.60 Å². The fourth-order valence-electron chi connectivity index (χ4n) is 3.79. The summed E-state index contributed by atoms with van der Waals surface area (Å²) in [7, 11) is 0. The van der Waals surface area contributed by atoms with Gasteiger partial charge in [-0.3, -0.25) is 4.99 Å². The van der Waals surface area contributed by atoms with E-state index in [1.165, 1.54) is 0 Å². The minimum absolute atomic E-state index is 0. The number of hydrogen-bond donors (Lipinski definition) is 1. The highest BCUT2D eigenvalue weighted by atomic mass is 79.9. The van der Waals surface area contributed by atoms with Gasteiger partial charge in [-0.05, 0) is 26.7 Å². The zero-order chi connectivity index (χ0) is 15.5. The number of aliphatic imine (C=N–C) groups is 2. The van der Waals surface area contributed by atoms with Crippen LogP contribution in [0.2, 0.25) is 0 Å². The molecule has 0 aromatic rings. The molecule has 1 unspecified atom stereocenters. The first-order chi connectivity index (χ1) is 10.5. The quantitative estimate of drug-likeness (QED) is 0.539. The summed E-state index contributed by atoms with van der Waals surface area (Å²) in [5.74, 6) is 0.232. The number of rotatable bonds is 1. The van der Waals surface area contributed by atoms with Crippen molar-refractivity contribution in [3.05, 3.63) is 23.8 Å². The van der Waals surface area contributed by atoms with Crippen molar-refractivity contribution in [1.29, 1.82) is 0 Å². The molecule has 2 saturated heterocycles. The zero-order valence-corrected chi connectivity index (χ0v) is 15.3. The minimum atomic E-state index is -0.397. The molecule has 1 amide bonds. The first-order valence-electron chi connectivity index (χ1n) is 7.53. The maximum Gasteiger partial charge on any atom is 0.410 e. The standard InChI is InChI=1S/C15H17BrN4O2.ClH/c1-15(2)11-4-3-9(8-20(11)14(21)22-15)12-10-7-17-5-6-19(10)13(16)18-12;/h5-7,9,11H,3-4,8H2,1-2H3;1H/t9-,11+;/m1./s1. The number of amides is 1. The van der Waals surface area contributed by atoms with E-state index in [2.05, 4.69) is 25.9 Å². The Bertz CT molecular complexity index is 670. The Morgan fingerprint density at radius 1 is 1.43 bits per heavy atom. The van der Waals surface area contributed by atoms with Gasteiger partial charge in [-0.1, -0.05) is 0 Å². The molecule has 0 saturated carbocycles. The first kappa shape index (κ1) is 16.7. The van der Waals surface area contributed by atoms with Crippen LogP contribution in [0, 0.1) is 5.92 Å². The molecule has 4 aliphatic rings. The zero-order valence-electron chi connectivity index (χ0n) is 12.9. The normalized spacial score (nSPS) is 33.9. The molecule has 8 heteroatoms. The van der Waals surface area contributed by atoms with Crippen molar-refractivity contribution >= 4 is 33.0 Å². The number of hydrogen-bond acceptors (Lipinski definition) is 4. The largest absolute Gasteiger partial charge is 1.00 e. The summed E-state index contributed by atoms with van der Waals surface area (Å²) in [6.45, 7) is 4.65. The fourth-order valence-corrected chi connectivity index (χ4v) is 4.32. The Balaban J connectivity index is 0.00000156. The number of nitrogens with zero attached hydrogens (tertiary/aromatic N) is 3. The number of fused-ring (bicyclic) bond motifs is 2. The molecule has 4 heterocycles. The van der Waals surface area contributed by atoms with E-state index in [4.69, 9.17) is 4.74 Å². The third-order valence-corrected chi connectivity index (χ3v) is 5.50. The number of carbonyl (C=O) groups excluding carboxylic acids is 1. The molecule has 4 rings (SSSR count). The Morgan fingerprint density at radius 2 is 2.22 bits per heavy atom. The van der Waals surface area contributed by atoms with Crippen LogP contribution in [0.3, 0.4) is 0 Å². The summed E-state index contributed by atoms with van der Waals surface area (Å²) in [4.78, 5) is 24.0. The van der Waals surface area contributed by atoms with Gasteiger partial charge in [-0.2, -0.15) is 4.99 Å². The highest BCUT2D eigenvalue weighted by molar-refractivity contribution is 9.18.